The maximum absolute atomic E-state index is 13.2. The Hall–Kier alpha value is -3.86. The van der Waals surface area contributed by atoms with Crippen molar-refractivity contribution in [2.45, 2.75) is 58.1 Å². The number of fused-ring (bicyclic) bond motifs is 1. The number of anilines is 2. The molecule has 0 bridgehead atoms. The number of piperidine rings is 1. The van der Waals surface area contributed by atoms with E-state index in [1.807, 2.05) is 41.6 Å². The quantitative estimate of drug-likeness (QED) is 0.450. The highest BCUT2D eigenvalue weighted by Gasteiger charge is 2.38. The molecule has 2 aliphatic rings. The second kappa shape index (κ2) is 10.7. The highest BCUT2D eigenvalue weighted by atomic mass is 16.5. The van der Waals surface area contributed by atoms with E-state index in [-0.39, 0.29) is 17.6 Å². The lowest BCUT2D eigenvalue weighted by atomic mass is 9.85. The normalized spacial score (nSPS) is 19.6. The number of hydrogen-bond donors (Lipinski definition) is 3. The van der Waals surface area contributed by atoms with Gasteiger partial charge in [-0.25, -0.2) is 4.79 Å². The van der Waals surface area contributed by atoms with Gasteiger partial charge in [-0.3, -0.25) is 14.3 Å². The van der Waals surface area contributed by atoms with Gasteiger partial charge < -0.3 is 29.9 Å². The largest absolute Gasteiger partial charge is 0.465 e. The van der Waals surface area contributed by atoms with Gasteiger partial charge in [0.15, 0.2) is 5.82 Å². The molecular weight excluding hydrogens is 500 g/mol. The molecule has 0 aliphatic carbocycles. The summed E-state index contributed by atoms with van der Waals surface area (Å²) in [7, 11) is 0. The van der Waals surface area contributed by atoms with Crippen LogP contribution in [0.5, 0.6) is 0 Å². The van der Waals surface area contributed by atoms with E-state index in [9.17, 15) is 19.5 Å². The first-order valence-electron chi connectivity index (χ1n) is 13.6. The number of carboxylic acid groups (broad SMARTS) is 1. The number of aromatic amines is 1. The smallest absolute Gasteiger partial charge is 0.407 e. The van der Waals surface area contributed by atoms with Crippen molar-refractivity contribution in [2.24, 2.45) is 0 Å². The minimum atomic E-state index is -0.917. The number of amides is 2. The number of carbonyl (C=O) groups excluding carboxylic acids is 1. The van der Waals surface area contributed by atoms with Gasteiger partial charge in [0.1, 0.15) is 5.39 Å². The highest BCUT2D eigenvalue weighted by Crippen LogP contribution is 2.37. The third-order valence-corrected chi connectivity index (χ3v) is 8.14. The second-order valence-corrected chi connectivity index (χ2v) is 10.6. The number of nitrogens with zero attached hydrogens (tertiary/aromatic N) is 4. The molecule has 3 aromatic rings. The van der Waals surface area contributed by atoms with E-state index in [0.717, 1.165) is 24.1 Å². The Morgan fingerprint density at radius 3 is 2.67 bits per heavy atom. The number of hydrogen-bond acceptors (Lipinski definition) is 6. The van der Waals surface area contributed by atoms with E-state index in [0.29, 0.717) is 67.9 Å². The van der Waals surface area contributed by atoms with Crippen LogP contribution in [0.2, 0.25) is 0 Å². The molecule has 2 aliphatic heterocycles. The zero-order valence-electron chi connectivity index (χ0n) is 22.7. The predicted molar refractivity (Wildman–Crippen MR) is 148 cm³/mol. The highest BCUT2D eigenvalue weighted by molar-refractivity contribution is 5.96. The van der Waals surface area contributed by atoms with Crippen molar-refractivity contribution in [3.8, 4) is 0 Å². The van der Waals surface area contributed by atoms with Gasteiger partial charge in [-0.05, 0) is 69.4 Å². The van der Waals surface area contributed by atoms with Crippen LogP contribution in [0.1, 0.15) is 55.5 Å². The van der Waals surface area contributed by atoms with E-state index in [1.54, 1.807) is 12.3 Å². The Bertz CT molecular complexity index is 1440. The number of carbonyl (C=O) groups is 2. The second-order valence-electron chi connectivity index (χ2n) is 10.6. The summed E-state index contributed by atoms with van der Waals surface area (Å²) in [4.78, 5) is 43.7. The predicted octanol–water partition coefficient (Wildman–Crippen LogP) is 3.91. The molecule has 208 valence electrons. The zero-order chi connectivity index (χ0) is 27.7. The van der Waals surface area contributed by atoms with Crippen molar-refractivity contribution in [2.75, 3.05) is 38.1 Å². The Kier molecular flexibility index (Phi) is 7.35. The summed E-state index contributed by atoms with van der Waals surface area (Å²) < 4.78 is 7.59. The van der Waals surface area contributed by atoms with Crippen molar-refractivity contribution in [3.63, 3.8) is 0 Å². The van der Waals surface area contributed by atoms with E-state index < -0.39 is 11.6 Å². The molecule has 3 N–H and O–H groups in total. The van der Waals surface area contributed by atoms with Crippen LogP contribution in [0, 0.1) is 6.92 Å². The first-order chi connectivity index (χ1) is 18.7. The Labute approximate surface area is 226 Å². The summed E-state index contributed by atoms with van der Waals surface area (Å²) in [5, 5.41) is 18.1. The van der Waals surface area contributed by atoms with Crippen molar-refractivity contribution in [1.82, 2.24) is 24.6 Å². The minimum absolute atomic E-state index is 0.00255. The van der Waals surface area contributed by atoms with Gasteiger partial charge in [0.05, 0.1) is 17.2 Å². The Morgan fingerprint density at radius 2 is 1.97 bits per heavy atom. The molecule has 2 saturated heterocycles. The summed E-state index contributed by atoms with van der Waals surface area (Å²) in [6.45, 7) is 8.68. The molecule has 39 heavy (non-hydrogen) atoms. The van der Waals surface area contributed by atoms with Crippen LogP contribution < -0.4 is 10.9 Å². The lowest BCUT2D eigenvalue weighted by Gasteiger charge is -2.41. The van der Waals surface area contributed by atoms with E-state index in [2.05, 4.69) is 17.2 Å². The molecule has 2 fully saturated rings. The summed E-state index contributed by atoms with van der Waals surface area (Å²) in [6.07, 6.45) is 3.47. The Balaban J connectivity index is 1.45. The van der Waals surface area contributed by atoms with Gasteiger partial charge >= 0.3 is 6.09 Å². The van der Waals surface area contributed by atoms with Crippen LogP contribution in [0.15, 0.2) is 35.3 Å². The van der Waals surface area contributed by atoms with E-state index >= 15 is 0 Å². The molecule has 1 unspecified atom stereocenters. The fraction of sp³-hybridized carbons (Fsp3) is 0.500. The number of benzene rings is 1. The molecule has 0 spiro atoms. The lowest BCUT2D eigenvalue weighted by molar-refractivity contribution is 0.0562. The number of H-pyrrole nitrogens is 1. The van der Waals surface area contributed by atoms with Gasteiger partial charge in [0, 0.05) is 50.2 Å². The third-order valence-electron chi connectivity index (χ3n) is 8.14. The van der Waals surface area contributed by atoms with Crippen molar-refractivity contribution in [1.29, 1.82) is 0 Å². The molecule has 2 amide bonds. The van der Waals surface area contributed by atoms with Crippen LogP contribution in [0.4, 0.5) is 16.3 Å². The molecule has 5 rings (SSSR count). The average molecular weight is 537 g/mol. The van der Waals surface area contributed by atoms with Crippen LogP contribution in [0.3, 0.4) is 0 Å². The molecule has 0 radical (unpaired) electrons. The number of rotatable bonds is 5. The fourth-order valence-corrected chi connectivity index (χ4v) is 5.78. The van der Waals surface area contributed by atoms with Gasteiger partial charge in [-0.2, -0.15) is 5.10 Å². The van der Waals surface area contributed by atoms with Crippen LogP contribution in [-0.4, -0.2) is 80.6 Å². The zero-order valence-corrected chi connectivity index (χ0v) is 22.7. The van der Waals surface area contributed by atoms with Crippen LogP contribution in [0.25, 0.3) is 10.9 Å². The van der Waals surface area contributed by atoms with E-state index in [4.69, 9.17) is 9.84 Å². The number of aryl methyl sites for hydroxylation is 1. The third kappa shape index (κ3) is 5.10. The SMILES string of the molecule is CCC1(n2nc(Nc3ccc(C(=O)N4CCCOC(C)C4)cc3C)c3c(=O)[nH]ccc32)CCN(C(=O)O)CC1. The molecule has 1 atom stereocenters. The molecule has 11 nitrogen and oxygen atoms in total. The van der Waals surface area contributed by atoms with Crippen LogP contribution >= 0.6 is 0 Å². The molecule has 1 aromatic carbocycles. The number of pyridine rings is 1. The number of nitrogens with one attached hydrogen (secondary N) is 2. The molecular formula is C28H36N6O5. The van der Waals surface area contributed by atoms with E-state index in [1.165, 1.54) is 4.90 Å². The van der Waals surface area contributed by atoms with Crippen molar-refractivity contribution < 1.29 is 19.4 Å². The Morgan fingerprint density at radius 1 is 1.21 bits per heavy atom. The van der Waals surface area contributed by atoms with Gasteiger partial charge in [-0.15, -0.1) is 0 Å². The van der Waals surface area contributed by atoms with Gasteiger partial charge in [0.25, 0.3) is 11.5 Å². The first-order valence-corrected chi connectivity index (χ1v) is 13.6. The monoisotopic (exact) mass is 536 g/mol. The topological polar surface area (TPSA) is 133 Å². The van der Waals surface area contributed by atoms with Crippen molar-refractivity contribution >= 4 is 34.4 Å². The summed E-state index contributed by atoms with van der Waals surface area (Å²) >= 11 is 0. The van der Waals surface area contributed by atoms with Gasteiger partial charge in [-0.1, -0.05) is 6.92 Å². The molecule has 4 heterocycles. The number of aromatic nitrogens is 3. The maximum atomic E-state index is 13.2. The molecule has 0 saturated carbocycles. The fourth-order valence-electron chi connectivity index (χ4n) is 5.78. The van der Waals surface area contributed by atoms with Crippen LogP contribution in [-0.2, 0) is 10.3 Å². The summed E-state index contributed by atoms with van der Waals surface area (Å²) in [6, 6.07) is 7.35. The summed E-state index contributed by atoms with van der Waals surface area (Å²) in [5.74, 6) is 0.409. The first kappa shape index (κ1) is 26.7. The standard InChI is InChI=1S/C28H36N6O5/c1-4-28(9-13-32(14-10-28)27(37)38)34-22-8-11-29-25(35)23(22)24(31-34)30-21-7-6-20(16-18(21)2)26(36)33-12-5-15-39-19(3)17-33/h6-8,11,16,19H,4-5,9-10,12-15,17H2,1-3H3,(H,29,35)(H,30,31)(H,37,38). The van der Waals surface area contributed by atoms with Gasteiger partial charge in [0.2, 0.25) is 0 Å². The lowest BCUT2D eigenvalue weighted by Crippen LogP contribution is -2.47. The average Bonchev–Trinajstić information content (AvgIpc) is 3.16. The maximum Gasteiger partial charge on any atom is 0.407 e. The molecule has 2 aromatic heterocycles. The van der Waals surface area contributed by atoms with Crippen molar-refractivity contribution in [3.05, 3.63) is 51.9 Å². The minimum Gasteiger partial charge on any atom is -0.465 e. The summed E-state index contributed by atoms with van der Waals surface area (Å²) in [5.41, 5.74) is 2.26. The number of likely N-dealkylation sites (tertiary alicyclic amines) is 1. The molecule has 11 heteroatoms. The number of ether oxygens (including phenoxy) is 1.